The average Bonchev–Trinajstić information content (AvgIpc) is 2.46. The van der Waals surface area contributed by atoms with E-state index in [-0.39, 0.29) is 0 Å². The SMILES string of the molecule is CSc1cccc(NCCc2cccc(C)c2)c1C(N)=S. The van der Waals surface area contributed by atoms with Gasteiger partial charge in [0.25, 0.3) is 0 Å². The van der Waals surface area contributed by atoms with Crippen LogP contribution in [0.4, 0.5) is 5.69 Å². The van der Waals surface area contributed by atoms with Crippen LogP contribution in [0.15, 0.2) is 47.4 Å². The Morgan fingerprint density at radius 2 is 2.00 bits per heavy atom. The first kappa shape index (κ1) is 15.9. The molecule has 0 amide bonds. The average molecular weight is 316 g/mol. The molecule has 0 saturated heterocycles. The summed E-state index contributed by atoms with van der Waals surface area (Å²) in [4.78, 5) is 1.56. The third-order valence-corrected chi connectivity index (χ3v) is 4.29. The van der Waals surface area contributed by atoms with Crippen molar-refractivity contribution in [2.75, 3.05) is 18.1 Å². The van der Waals surface area contributed by atoms with Crippen LogP contribution in [0.3, 0.4) is 0 Å². The molecule has 0 aliphatic carbocycles. The van der Waals surface area contributed by atoms with Crippen LogP contribution in [0.5, 0.6) is 0 Å². The molecule has 0 aliphatic rings. The minimum absolute atomic E-state index is 0.443. The molecular weight excluding hydrogens is 296 g/mol. The molecule has 0 saturated carbocycles. The van der Waals surface area contributed by atoms with Crippen molar-refractivity contribution in [3.63, 3.8) is 0 Å². The van der Waals surface area contributed by atoms with Gasteiger partial charge >= 0.3 is 0 Å². The molecule has 110 valence electrons. The van der Waals surface area contributed by atoms with Crippen LogP contribution < -0.4 is 11.1 Å². The topological polar surface area (TPSA) is 38.0 Å². The van der Waals surface area contributed by atoms with E-state index < -0.39 is 0 Å². The van der Waals surface area contributed by atoms with Gasteiger partial charge in [-0.25, -0.2) is 0 Å². The van der Waals surface area contributed by atoms with Gasteiger partial charge in [0.05, 0.1) is 0 Å². The van der Waals surface area contributed by atoms with Crippen molar-refractivity contribution in [1.29, 1.82) is 0 Å². The molecule has 0 unspecified atom stereocenters. The predicted octanol–water partition coefficient (Wildman–Crippen LogP) is 4.01. The lowest BCUT2D eigenvalue weighted by molar-refractivity contribution is 1.01. The second-order valence-electron chi connectivity index (χ2n) is 4.91. The maximum absolute atomic E-state index is 5.87. The van der Waals surface area contributed by atoms with Crippen molar-refractivity contribution in [3.8, 4) is 0 Å². The Hall–Kier alpha value is -1.52. The molecule has 0 spiro atoms. The first-order valence-corrected chi connectivity index (χ1v) is 8.51. The molecule has 2 nitrogen and oxygen atoms in total. The van der Waals surface area contributed by atoms with Gasteiger partial charge in [-0.2, -0.15) is 0 Å². The Kier molecular flexibility index (Phi) is 5.65. The lowest BCUT2D eigenvalue weighted by Crippen LogP contribution is -2.15. The molecule has 0 atom stereocenters. The lowest BCUT2D eigenvalue weighted by atomic mass is 10.1. The van der Waals surface area contributed by atoms with Crippen molar-refractivity contribution in [2.45, 2.75) is 18.2 Å². The van der Waals surface area contributed by atoms with Crippen molar-refractivity contribution in [2.24, 2.45) is 5.73 Å². The second kappa shape index (κ2) is 7.48. The largest absolute Gasteiger partial charge is 0.389 e. The molecule has 0 aliphatic heterocycles. The Morgan fingerprint density at radius 3 is 2.67 bits per heavy atom. The third-order valence-electron chi connectivity index (χ3n) is 3.30. The minimum Gasteiger partial charge on any atom is -0.389 e. The predicted molar refractivity (Wildman–Crippen MR) is 97.5 cm³/mol. The van der Waals surface area contributed by atoms with E-state index in [1.54, 1.807) is 11.8 Å². The summed E-state index contributed by atoms with van der Waals surface area (Å²) in [7, 11) is 0. The number of thiocarbonyl (C=S) groups is 1. The standard InChI is InChI=1S/C17H20N2S2/c1-12-5-3-6-13(11-12)9-10-19-14-7-4-8-15(21-2)16(14)17(18)20/h3-8,11,19H,9-10H2,1-2H3,(H2,18,20). The van der Waals surface area contributed by atoms with E-state index in [2.05, 4.69) is 36.5 Å². The van der Waals surface area contributed by atoms with Crippen LogP contribution in [0.25, 0.3) is 0 Å². The fourth-order valence-corrected chi connectivity index (χ4v) is 3.24. The number of aryl methyl sites for hydroxylation is 1. The molecule has 2 aromatic rings. The zero-order chi connectivity index (χ0) is 15.2. The number of benzene rings is 2. The lowest BCUT2D eigenvalue weighted by Gasteiger charge is -2.14. The van der Waals surface area contributed by atoms with Crippen LogP contribution in [0.2, 0.25) is 0 Å². The maximum atomic E-state index is 5.87. The van der Waals surface area contributed by atoms with Gasteiger partial charge in [0, 0.05) is 22.7 Å². The van der Waals surface area contributed by atoms with E-state index >= 15 is 0 Å². The van der Waals surface area contributed by atoms with Crippen LogP contribution in [-0.4, -0.2) is 17.8 Å². The van der Waals surface area contributed by atoms with Gasteiger partial charge in [-0.1, -0.05) is 48.1 Å². The number of nitrogens with two attached hydrogens (primary N) is 1. The Morgan fingerprint density at radius 1 is 1.24 bits per heavy atom. The fraction of sp³-hybridized carbons (Fsp3) is 0.235. The second-order valence-corrected chi connectivity index (χ2v) is 6.20. The van der Waals surface area contributed by atoms with Crippen LogP contribution in [0.1, 0.15) is 16.7 Å². The summed E-state index contributed by atoms with van der Waals surface area (Å²) in [6.07, 6.45) is 3.01. The molecular formula is C17H20N2S2. The molecule has 0 fully saturated rings. The van der Waals surface area contributed by atoms with Gasteiger partial charge in [-0.3, -0.25) is 0 Å². The van der Waals surface area contributed by atoms with E-state index in [4.69, 9.17) is 18.0 Å². The molecule has 3 N–H and O–H groups in total. The molecule has 0 aromatic heterocycles. The quantitative estimate of drug-likeness (QED) is 0.624. The molecule has 2 aromatic carbocycles. The van der Waals surface area contributed by atoms with E-state index in [9.17, 15) is 0 Å². The fourth-order valence-electron chi connectivity index (χ4n) is 2.31. The van der Waals surface area contributed by atoms with Gasteiger partial charge < -0.3 is 11.1 Å². The summed E-state index contributed by atoms with van der Waals surface area (Å²) in [6, 6.07) is 14.7. The van der Waals surface area contributed by atoms with Gasteiger partial charge in [-0.05, 0) is 37.3 Å². The van der Waals surface area contributed by atoms with E-state index in [1.165, 1.54) is 11.1 Å². The molecule has 2 rings (SSSR count). The maximum Gasteiger partial charge on any atom is 0.107 e. The van der Waals surface area contributed by atoms with E-state index in [1.807, 2.05) is 24.5 Å². The number of hydrogen-bond donors (Lipinski definition) is 2. The zero-order valence-corrected chi connectivity index (χ0v) is 14.0. The molecule has 21 heavy (non-hydrogen) atoms. The number of nitrogens with one attached hydrogen (secondary N) is 1. The normalized spacial score (nSPS) is 10.4. The smallest absolute Gasteiger partial charge is 0.107 e. The zero-order valence-electron chi connectivity index (χ0n) is 12.3. The highest BCUT2D eigenvalue weighted by molar-refractivity contribution is 7.98. The first-order valence-electron chi connectivity index (χ1n) is 6.88. The summed E-state index contributed by atoms with van der Waals surface area (Å²) < 4.78 is 0. The minimum atomic E-state index is 0.443. The highest BCUT2D eigenvalue weighted by atomic mass is 32.2. The van der Waals surface area contributed by atoms with E-state index in [0.717, 1.165) is 29.1 Å². The van der Waals surface area contributed by atoms with Crippen molar-refractivity contribution >= 4 is 34.7 Å². The molecule has 0 bridgehead atoms. The Bertz CT molecular complexity index is 638. The first-order chi connectivity index (χ1) is 10.1. The van der Waals surface area contributed by atoms with Crippen molar-refractivity contribution < 1.29 is 0 Å². The summed E-state index contributed by atoms with van der Waals surface area (Å²) in [5.74, 6) is 0. The summed E-state index contributed by atoms with van der Waals surface area (Å²) in [6.45, 7) is 2.97. The van der Waals surface area contributed by atoms with Gasteiger partial charge in [0.2, 0.25) is 0 Å². The molecule has 4 heteroatoms. The monoisotopic (exact) mass is 316 g/mol. The van der Waals surface area contributed by atoms with Crippen LogP contribution in [-0.2, 0) is 6.42 Å². The van der Waals surface area contributed by atoms with Crippen LogP contribution >= 0.6 is 24.0 Å². The molecule has 0 radical (unpaired) electrons. The van der Waals surface area contributed by atoms with Gasteiger partial charge in [-0.15, -0.1) is 11.8 Å². The third kappa shape index (κ3) is 4.22. The number of anilines is 1. The number of hydrogen-bond acceptors (Lipinski definition) is 3. The summed E-state index contributed by atoms with van der Waals surface area (Å²) in [5.41, 5.74) is 10.5. The summed E-state index contributed by atoms with van der Waals surface area (Å²) >= 11 is 6.85. The Balaban J connectivity index is 2.08. The summed E-state index contributed by atoms with van der Waals surface area (Å²) in [5, 5.41) is 3.46. The van der Waals surface area contributed by atoms with E-state index in [0.29, 0.717) is 4.99 Å². The highest BCUT2D eigenvalue weighted by Gasteiger charge is 2.10. The van der Waals surface area contributed by atoms with Crippen LogP contribution in [0, 0.1) is 6.92 Å². The number of thioether (sulfide) groups is 1. The van der Waals surface area contributed by atoms with Crippen molar-refractivity contribution in [3.05, 3.63) is 59.2 Å². The Labute approximate surface area is 136 Å². The van der Waals surface area contributed by atoms with Crippen molar-refractivity contribution in [1.82, 2.24) is 0 Å². The van der Waals surface area contributed by atoms with Gasteiger partial charge in [0.15, 0.2) is 0 Å². The molecule has 0 heterocycles. The van der Waals surface area contributed by atoms with Gasteiger partial charge in [0.1, 0.15) is 4.99 Å². The highest BCUT2D eigenvalue weighted by Crippen LogP contribution is 2.27. The number of rotatable bonds is 6.